The number of rotatable bonds is 3. The molecule has 0 saturated carbocycles. The van der Waals surface area contributed by atoms with E-state index in [-0.39, 0.29) is 17.7 Å². The summed E-state index contributed by atoms with van der Waals surface area (Å²) in [6.07, 6.45) is 1.21. The van der Waals surface area contributed by atoms with E-state index in [0.29, 0.717) is 18.1 Å². The van der Waals surface area contributed by atoms with Gasteiger partial charge >= 0.3 is 11.9 Å². The number of nitrogens with one attached hydrogen (secondary N) is 1. The van der Waals surface area contributed by atoms with Crippen molar-refractivity contribution in [1.29, 1.82) is 0 Å². The summed E-state index contributed by atoms with van der Waals surface area (Å²) >= 11 is 1.32. The number of carbonyl (C=O) groups is 1. The first-order valence-electron chi connectivity index (χ1n) is 5.79. The first-order valence-corrected chi connectivity index (χ1v) is 6.67. The lowest BCUT2D eigenvalue weighted by Gasteiger charge is -2.38. The van der Waals surface area contributed by atoms with Crippen LogP contribution in [-0.4, -0.2) is 51.5 Å². The number of methoxy groups -OCH3 is 1. The molecule has 3 rings (SSSR count). The lowest BCUT2D eigenvalue weighted by molar-refractivity contribution is -0.389. The van der Waals surface area contributed by atoms with E-state index in [4.69, 9.17) is 0 Å². The number of fused-ring (bicyclic) bond motifs is 1. The largest absolute Gasteiger partial charge is 0.453 e. The van der Waals surface area contributed by atoms with Crippen LogP contribution in [0.25, 0.3) is 4.96 Å². The predicted octanol–water partition coefficient (Wildman–Crippen LogP) is 1.17. The van der Waals surface area contributed by atoms with E-state index < -0.39 is 11.0 Å². The number of ether oxygens (including phenoxy) is 1. The van der Waals surface area contributed by atoms with E-state index in [1.807, 2.05) is 0 Å². The van der Waals surface area contributed by atoms with Gasteiger partial charge in [-0.25, -0.2) is 4.79 Å². The second kappa shape index (κ2) is 4.63. The summed E-state index contributed by atoms with van der Waals surface area (Å²) in [5, 5.41) is 15.9. The molecule has 0 aliphatic carbocycles. The zero-order valence-corrected chi connectivity index (χ0v) is 11.3. The smallest absolute Gasteiger partial charge is 0.409 e. The highest BCUT2D eigenvalue weighted by atomic mass is 32.1. The molecule has 3 heterocycles. The molecular weight excluding hydrogens is 286 g/mol. The monoisotopic (exact) mass is 297 g/mol. The van der Waals surface area contributed by atoms with E-state index in [1.165, 1.54) is 27.7 Å². The van der Waals surface area contributed by atoms with E-state index >= 15 is 0 Å². The molecule has 0 bridgehead atoms. The third kappa shape index (κ3) is 1.93. The van der Waals surface area contributed by atoms with Gasteiger partial charge in [0.25, 0.3) is 4.96 Å². The molecule has 0 spiro atoms. The van der Waals surface area contributed by atoms with Crippen LogP contribution in [0, 0.1) is 10.1 Å². The summed E-state index contributed by atoms with van der Waals surface area (Å²) in [7, 11) is 1.32. The molecule has 1 amide bonds. The van der Waals surface area contributed by atoms with E-state index in [9.17, 15) is 14.9 Å². The minimum Gasteiger partial charge on any atom is -0.453 e. The van der Waals surface area contributed by atoms with Gasteiger partial charge in [-0.05, 0) is 4.92 Å². The lowest BCUT2D eigenvalue weighted by atomic mass is 10.1. The fraction of sp³-hybridized carbons (Fsp3) is 0.400. The van der Waals surface area contributed by atoms with Gasteiger partial charge in [-0.2, -0.15) is 9.38 Å². The predicted molar refractivity (Wildman–Crippen MR) is 71.1 cm³/mol. The standard InChI is InChI=1S/C10H11N5O4S/c1-19-10(16)13-4-6(5-13)11-7-8(15(17)18)14-2-3-20-9(14)12-7/h2-3,6,11H,4-5H2,1H3. The summed E-state index contributed by atoms with van der Waals surface area (Å²) in [6, 6.07) is -0.0580. The Hall–Kier alpha value is -2.36. The number of hydrogen-bond donors (Lipinski definition) is 1. The molecule has 1 saturated heterocycles. The number of hydrogen-bond acceptors (Lipinski definition) is 7. The Bertz CT molecular complexity index is 674. The first-order chi connectivity index (χ1) is 9.60. The molecule has 2 aromatic rings. The van der Waals surface area contributed by atoms with Gasteiger partial charge in [-0.15, -0.1) is 0 Å². The van der Waals surface area contributed by atoms with Crippen molar-refractivity contribution in [3.05, 3.63) is 21.7 Å². The zero-order valence-electron chi connectivity index (χ0n) is 10.5. The Kier molecular flexibility index (Phi) is 2.93. The van der Waals surface area contributed by atoms with Crippen molar-refractivity contribution in [3.63, 3.8) is 0 Å². The van der Waals surface area contributed by atoms with Gasteiger partial charge < -0.3 is 25.1 Å². The summed E-state index contributed by atoms with van der Waals surface area (Å²) in [6.45, 7) is 0.879. The Balaban J connectivity index is 1.76. The fourth-order valence-electron chi connectivity index (χ4n) is 2.09. The van der Waals surface area contributed by atoms with Gasteiger partial charge in [0.1, 0.15) is 6.20 Å². The average molecular weight is 297 g/mol. The number of likely N-dealkylation sites (tertiary alicyclic amines) is 1. The summed E-state index contributed by atoms with van der Waals surface area (Å²) < 4.78 is 6.02. The highest BCUT2D eigenvalue weighted by molar-refractivity contribution is 7.15. The van der Waals surface area contributed by atoms with Crippen molar-refractivity contribution in [2.45, 2.75) is 6.04 Å². The van der Waals surface area contributed by atoms with Crippen LogP contribution < -0.4 is 5.32 Å². The van der Waals surface area contributed by atoms with E-state index in [0.717, 1.165) is 0 Å². The van der Waals surface area contributed by atoms with Gasteiger partial charge in [-0.1, -0.05) is 11.3 Å². The van der Waals surface area contributed by atoms with Crippen LogP contribution >= 0.6 is 11.3 Å². The zero-order chi connectivity index (χ0) is 14.3. The molecule has 0 aromatic carbocycles. The summed E-state index contributed by atoms with van der Waals surface area (Å²) in [5.41, 5.74) is 0. The quantitative estimate of drug-likeness (QED) is 0.674. The topological polar surface area (TPSA) is 102 Å². The van der Waals surface area contributed by atoms with Gasteiger partial charge in [0.15, 0.2) is 0 Å². The van der Waals surface area contributed by atoms with E-state index in [2.05, 4.69) is 15.0 Å². The molecule has 1 aliphatic heterocycles. The number of amides is 1. The molecule has 0 unspecified atom stereocenters. The number of thiazole rings is 1. The Morgan fingerprint density at radius 1 is 1.65 bits per heavy atom. The number of imidazole rings is 1. The maximum Gasteiger partial charge on any atom is 0.409 e. The SMILES string of the molecule is COC(=O)N1CC(Nc2nc3sccn3c2[N+](=O)[O-])C1. The molecule has 9 nitrogen and oxygen atoms in total. The van der Waals surface area contributed by atoms with Gasteiger partial charge in [0, 0.05) is 18.5 Å². The Morgan fingerprint density at radius 2 is 2.40 bits per heavy atom. The molecule has 0 radical (unpaired) electrons. The van der Waals surface area contributed by atoms with Crippen LogP contribution in [0.1, 0.15) is 0 Å². The molecule has 1 aliphatic rings. The lowest BCUT2D eigenvalue weighted by Crippen LogP contribution is -2.57. The van der Waals surface area contributed by atoms with Crippen LogP contribution in [0.4, 0.5) is 16.4 Å². The van der Waals surface area contributed by atoms with Gasteiger partial charge in [0.05, 0.1) is 13.2 Å². The van der Waals surface area contributed by atoms with Crippen molar-refractivity contribution < 1.29 is 14.5 Å². The number of carbonyl (C=O) groups excluding carboxylic acids is 1. The van der Waals surface area contributed by atoms with Crippen LogP contribution in [0.5, 0.6) is 0 Å². The molecule has 1 fully saturated rings. The van der Waals surface area contributed by atoms with Crippen molar-refractivity contribution in [3.8, 4) is 0 Å². The second-order valence-corrected chi connectivity index (χ2v) is 5.19. The minimum absolute atomic E-state index is 0.0580. The van der Waals surface area contributed by atoms with Crippen molar-refractivity contribution >= 4 is 34.0 Å². The maximum absolute atomic E-state index is 11.2. The number of nitro groups is 1. The average Bonchev–Trinajstić information content (AvgIpc) is 2.91. The highest BCUT2D eigenvalue weighted by Gasteiger charge is 2.34. The van der Waals surface area contributed by atoms with Crippen LogP contribution in [-0.2, 0) is 4.74 Å². The molecule has 1 N–H and O–H groups in total. The second-order valence-electron chi connectivity index (χ2n) is 4.31. The van der Waals surface area contributed by atoms with Crippen LogP contribution in [0.2, 0.25) is 0 Å². The molecule has 106 valence electrons. The Morgan fingerprint density at radius 3 is 3.05 bits per heavy atom. The van der Waals surface area contributed by atoms with E-state index in [1.54, 1.807) is 11.6 Å². The fourth-order valence-corrected chi connectivity index (χ4v) is 2.80. The first kappa shape index (κ1) is 12.7. The summed E-state index contributed by atoms with van der Waals surface area (Å²) in [4.78, 5) is 28.1. The van der Waals surface area contributed by atoms with Gasteiger partial charge in [0.2, 0.25) is 5.82 Å². The Labute approximate surface area is 116 Å². The third-order valence-electron chi connectivity index (χ3n) is 3.07. The normalized spacial score (nSPS) is 15.2. The van der Waals surface area contributed by atoms with Crippen LogP contribution in [0.15, 0.2) is 11.6 Å². The molecule has 0 atom stereocenters. The molecule has 2 aromatic heterocycles. The van der Waals surface area contributed by atoms with Crippen molar-refractivity contribution in [1.82, 2.24) is 14.3 Å². The van der Waals surface area contributed by atoms with Gasteiger partial charge in [-0.3, -0.25) is 0 Å². The number of aromatic nitrogens is 2. The van der Waals surface area contributed by atoms with Crippen molar-refractivity contribution in [2.24, 2.45) is 0 Å². The number of nitrogens with zero attached hydrogens (tertiary/aromatic N) is 4. The number of anilines is 1. The molecular formula is C10H11N5O4S. The third-order valence-corrected chi connectivity index (χ3v) is 3.82. The molecule has 10 heteroatoms. The maximum atomic E-state index is 11.2. The van der Waals surface area contributed by atoms with Crippen molar-refractivity contribution in [2.75, 3.05) is 25.5 Å². The minimum atomic E-state index is -0.466. The highest BCUT2D eigenvalue weighted by Crippen LogP contribution is 2.29. The summed E-state index contributed by atoms with van der Waals surface area (Å²) in [5.74, 6) is 0.147. The van der Waals surface area contributed by atoms with Crippen LogP contribution in [0.3, 0.4) is 0 Å². The molecule has 20 heavy (non-hydrogen) atoms.